The van der Waals surface area contributed by atoms with E-state index in [1.807, 2.05) is 91.0 Å². The van der Waals surface area contributed by atoms with Crippen molar-refractivity contribution in [3.63, 3.8) is 0 Å². The van der Waals surface area contributed by atoms with Crippen molar-refractivity contribution in [2.75, 3.05) is 0 Å². The van der Waals surface area contributed by atoms with Gasteiger partial charge in [-0.25, -0.2) is 15.0 Å². The highest BCUT2D eigenvalue weighted by atomic mass is 27.3. The minimum absolute atomic E-state index is 0.503. The Kier molecular flexibility index (Phi) is 15.6. The highest BCUT2D eigenvalue weighted by Crippen LogP contribution is 2.63. The summed E-state index contributed by atoms with van der Waals surface area (Å²) in [6, 6.07) is 118. The van der Waals surface area contributed by atoms with Gasteiger partial charge in [-0.05, 0) is 168 Å². The Bertz CT molecular complexity index is 5450. The molecule has 0 radical (unpaired) electrons. The molecule has 13 aromatic carbocycles. The molecule has 2 aliphatic rings. The van der Waals surface area contributed by atoms with Crippen LogP contribution in [0.25, 0.3) is 134 Å². The molecule has 0 saturated heterocycles. The van der Waals surface area contributed by atoms with Gasteiger partial charge in [0.05, 0.1) is 5.41 Å². The highest BCUT2D eigenvalue weighted by Gasteiger charge is 2.52. The lowest BCUT2D eigenvalue weighted by Crippen LogP contribution is -2.37. The van der Waals surface area contributed by atoms with Gasteiger partial charge in [-0.2, -0.15) is 0 Å². The van der Waals surface area contributed by atoms with E-state index < -0.39 is 20.6 Å². The second-order valence-corrected chi connectivity index (χ2v) is 26.4. The maximum atomic E-state index is 6.41. The van der Waals surface area contributed by atoms with E-state index in [4.69, 9.17) is 26.3 Å². The predicted octanol–water partition coefficient (Wildman–Crippen LogP) is 21.7. The van der Waals surface area contributed by atoms with E-state index in [1.54, 1.807) is 18.6 Å². The molecule has 0 saturated carbocycles. The lowest BCUT2D eigenvalue weighted by Gasteiger charge is -2.30. The lowest BCUT2D eigenvalue weighted by atomic mass is 9.70. The molecule has 1 spiro atoms. The number of aromatic nitrogens is 6. The number of nitrogens with zero attached hydrogens (tertiary/aromatic N) is 6. The number of benzene rings is 13. The fraction of sp³-hybridized carbons (Fsp3) is 0.0110. The van der Waals surface area contributed by atoms with Crippen LogP contribution in [0, 0.1) is 0 Å². The van der Waals surface area contributed by atoms with Crippen molar-refractivity contribution in [2.24, 2.45) is 0 Å². The van der Waals surface area contributed by atoms with E-state index >= 15 is 0 Å². The Hall–Kier alpha value is -13.0. The Morgan fingerprint density at radius 1 is 0.218 bits per heavy atom. The summed E-state index contributed by atoms with van der Waals surface area (Å²) in [4.78, 5) is 30.0. The van der Waals surface area contributed by atoms with E-state index in [-0.39, 0.29) is 0 Å². The fourth-order valence-corrected chi connectivity index (χ4v) is 15.9. The van der Waals surface area contributed by atoms with Gasteiger partial charge in [0.15, 0.2) is 17.5 Å². The normalized spacial score (nSPS) is 12.0. The zero-order valence-electron chi connectivity index (χ0n) is 54.5. The Morgan fingerprint density at radius 2 is 0.515 bits per heavy atom. The van der Waals surface area contributed by atoms with Crippen LogP contribution < -0.4 is 11.4 Å². The summed E-state index contributed by atoms with van der Waals surface area (Å²) in [5.41, 5.74) is 23.5. The smallest absolute Gasteiger partial charge is 0.576 e. The molecule has 4 aromatic heterocycles. The minimum atomic E-state index is -2.86. The molecule has 0 unspecified atom stereocenters. The average Bonchev–Trinajstić information content (AvgIpc) is 1.51. The number of fused-ring (bicyclic) bond motifs is 13. The molecule has 474 valence electrons. The van der Waals surface area contributed by atoms with E-state index in [0.717, 1.165) is 93.9 Å². The summed E-state index contributed by atoms with van der Waals surface area (Å²) < 4.78 is 19.2. The molecule has 19 rings (SSSR count). The predicted molar refractivity (Wildman–Crippen MR) is 407 cm³/mol. The third kappa shape index (κ3) is 11.3. The van der Waals surface area contributed by atoms with Gasteiger partial charge in [0.2, 0.25) is 0 Å². The second kappa shape index (κ2) is 26.1. The summed E-state index contributed by atoms with van der Waals surface area (Å²) in [6.07, 6.45) is 5.24. The lowest BCUT2D eigenvalue weighted by molar-refractivity contribution is 0.311. The second-order valence-electron chi connectivity index (χ2n) is 25.2. The topological polar surface area (TPSA) is 105 Å². The Labute approximate surface area is 589 Å². The highest BCUT2D eigenvalue weighted by molar-refractivity contribution is 6.40. The van der Waals surface area contributed by atoms with Crippen LogP contribution in [-0.4, -0.2) is 45.1 Å². The maximum Gasteiger partial charge on any atom is 1.20 e. The number of hydrogen-bond donors (Lipinski definition) is 0. The molecular weight excluding hydrogens is 1250 g/mol. The molecule has 0 bridgehead atoms. The monoisotopic (exact) mass is 1310 g/mol. The number of rotatable bonds is 13. The van der Waals surface area contributed by atoms with Crippen molar-refractivity contribution in [2.45, 2.75) is 5.41 Å². The number of para-hydroxylation sites is 3. The molecule has 9 nitrogen and oxygen atoms in total. The van der Waals surface area contributed by atoms with Gasteiger partial charge >= 0.3 is 15.1 Å². The van der Waals surface area contributed by atoms with E-state index in [1.165, 1.54) is 44.5 Å². The van der Waals surface area contributed by atoms with Crippen molar-refractivity contribution < 1.29 is 11.4 Å². The van der Waals surface area contributed by atoms with Crippen LogP contribution >= 0.6 is 0 Å². The number of pyridine rings is 3. The van der Waals surface area contributed by atoms with Crippen molar-refractivity contribution >= 4 is 47.9 Å². The summed E-state index contributed by atoms with van der Waals surface area (Å²) in [7, 11) is 0. The zero-order valence-corrected chi connectivity index (χ0v) is 55.7. The van der Waals surface area contributed by atoms with E-state index in [0.29, 0.717) is 34.7 Å². The molecule has 0 aliphatic heterocycles. The van der Waals surface area contributed by atoms with Gasteiger partial charge in [0.25, 0.3) is 0 Å². The first-order valence-corrected chi connectivity index (χ1v) is 35.2. The van der Waals surface area contributed by atoms with Gasteiger partial charge in [-0.15, -0.1) is 0 Å². The molecule has 101 heavy (non-hydrogen) atoms. The van der Waals surface area contributed by atoms with Crippen LogP contribution in [0.4, 0.5) is 0 Å². The van der Waals surface area contributed by atoms with Crippen LogP contribution in [0.3, 0.4) is 0 Å². The Morgan fingerprint density at radius 3 is 0.871 bits per heavy atom. The van der Waals surface area contributed by atoms with Gasteiger partial charge in [0, 0.05) is 51.4 Å². The van der Waals surface area contributed by atoms with Crippen molar-refractivity contribution in [3.05, 3.63) is 381 Å². The maximum absolute atomic E-state index is 6.41. The van der Waals surface area contributed by atoms with Gasteiger partial charge in [-0.3, -0.25) is 15.0 Å². The van der Waals surface area contributed by atoms with Crippen molar-refractivity contribution in [1.82, 2.24) is 29.9 Å². The molecule has 10 heteroatoms. The van der Waals surface area contributed by atoms with Crippen LogP contribution in [0.5, 0.6) is 17.2 Å². The number of hydrogen-bond acceptors (Lipinski definition) is 9. The minimum Gasteiger partial charge on any atom is -0.576 e. The van der Waals surface area contributed by atoms with Gasteiger partial charge < -0.3 is 11.4 Å². The third-order valence-corrected chi connectivity index (χ3v) is 20.5. The molecule has 0 fully saturated rings. The fourth-order valence-electron chi connectivity index (χ4n) is 14.6. The first-order chi connectivity index (χ1) is 50.0. The van der Waals surface area contributed by atoms with Gasteiger partial charge in [-0.1, -0.05) is 261 Å². The van der Waals surface area contributed by atoms with E-state index in [9.17, 15) is 0 Å². The van der Waals surface area contributed by atoms with Crippen LogP contribution in [0.15, 0.2) is 358 Å². The summed E-state index contributed by atoms with van der Waals surface area (Å²) in [5, 5.41) is 2.93. The molecule has 17 aromatic rings. The Balaban J connectivity index is 0.000000180. The standard InChI is InChI=1S/C64H41N3.3C9H7NO.Al/c1-5-19-42(20-6-1)47-35-48(43-21-7-2-8-22-43)38-51(37-47)62-65-61(66-63(67-62)52-39-49(44-23-9-3-10-24-44)36-50(40-52)45-25-11-4-12-26-45)46-33-34-56-55-29-15-18-32-59(55)64(60(56)41-46)57-30-16-13-27-53(57)54-28-14-17-31-58(54)64;3*11-8-5-1-3-7-4-2-6-10-9(7)8;/h1-41H;3*1-6,11H;/q;;;;+3/p-3. The van der Waals surface area contributed by atoms with Crippen molar-refractivity contribution in [1.29, 1.82) is 0 Å². The van der Waals surface area contributed by atoms with Crippen LogP contribution in [0.1, 0.15) is 22.3 Å². The quantitative estimate of drug-likeness (QED) is 0.104. The van der Waals surface area contributed by atoms with Crippen molar-refractivity contribution in [3.8, 4) is 118 Å². The molecule has 2 aliphatic carbocycles. The first-order valence-electron chi connectivity index (χ1n) is 33.8. The summed E-state index contributed by atoms with van der Waals surface area (Å²) in [5.74, 6) is 3.66. The van der Waals surface area contributed by atoms with Crippen LogP contribution in [-0.2, 0) is 5.41 Å². The molecule has 0 N–H and O–H groups in total. The first kappa shape index (κ1) is 60.4. The zero-order chi connectivity index (χ0) is 67.1. The largest absolute Gasteiger partial charge is 1.20 e. The average molecular weight is 1310 g/mol. The third-order valence-electron chi connectivity index (χ3n) is 19.2. The SMILES string of the molecule is c1ccc(-c2cc(-c3ccccc3)cc(-c3nc(-c4cc(-c5ccccc5)cc(-c5ccccc5)c4)nc(-c4ccc5c(c4)C4(c6ccccc6-c6ccccc64)c4ccccc4-5)n3)c2)cc1.c1cnc2c([O][Al]([O]c3cccc4cccnc34)[O]c3cccc4cccnc34)cccc2c1. The van der Waals surface area contributed by atoms with Crippen LogP contribution in [0.2, 0.25) is 0 Å². The van der Waals surface area contributed by atoms with Gasteiger partial charge in [0.1, 0.15) is 33.8 Å². The summed E-state index contributed by atoms with van der Waals surface area (Å²) >= 11 is -2.86. The molecule has 4 heterocycles. The van der Waals surface area contributed by atoms with E-state index in [2.05, 4.69) is 264 Å². The molecule has 0 atom stereocenters. The molecular formula is C91H59AlN6O3. The molecule has 0 amide bonds. The summed E-state index contributed by atoms with van der Waals surface area (Å²) in [6.45, 7) is 0.